The van der Waals surface area contributed by atoms with Crippen molar-refractivity contribution in [2.24, 2.45) is 0 Å². The summed E-state index contributed by atoms with van der Waals surface area (Å²) in [7, 11) is 1.67. The van der Waals surface area contributed by atoms with Crippen molar-refractivity contribution in [2.45, 2.75) is 95.8 Å². The minimum atomic E-state index is -1.38. The minimum Gasteiger partial charge on any atom is -0.456 e. The molecule has 1 N–H and O–H groups in total. The van der Waals surface area contributed by atoms with Crippen molar-refractivity contribution in [1.29, 1.82) is 0 Å². The van der Waals surface area contributed by atoms with Crippen LogP contribution in [0.3, 0.4) is 0 Å². The molecule has 2 aliphatic heterocycles. The second kappa shape index (κ2) is 21.0. The highest BCUT2D eigenvalue weighted by atomic mass is 35.5. The molecule has 4 heterocycles. The fourth-order valence-electron chi connectivity index (χ4n) is 7.41. The number of esters is 3. The Labute approximate surface area is 362 Å². The lowest BCUT2D eigenvalue weighted by Gasteiger charge is -2.45. The molecular formula is C44H48ClN5O12. The first-order valence-electron chi connectivity index (χ1n) is 20.0. The molecule has 2 fully saturated rings. The van der Waals surface area contributed by atoms with E-state index in [1.165, 1.54) is 27.1 Å². The van der Waals surface area contributed by atoms with Crippen LogP contribution in [0.5, 0.6) is 0 Å². The fraction of sp³-hybridized carbons (Fsp3) is 0.409. The van der Waals surface area contributed by atoms with E-state index < -0.39 is 73.2 Å². The zero-order valence-corrected chi connectivity index (χ0v) is 35.3. The summed E-state index contributed by atoms with van der Waals surface area (Å²) >= 11 is 6.36. The van der Waals surface area contributed by atoms with E-state index in [1.54, 1.807) is 11.6 Å². The monoisotopic (exact) mass is 873 g/mol. The first-order valence-corrected chi connectivity index (χ1v) is 20.4. The number of ether oxygens (including phenoxy) is 9. The van der Waals surface area contributed by atoms with Gasteiger partial charge < -0.3 is 47.9 Å². The highest BCUT2D eigenvalue weighted by Gasteiger charge is 2.56. The van der Waals surface area contributed by atoms with Crippen molar-refractivity contribution in [3.8, 4) is 0 Å². The number of imidazole rings is 1. The largest absolute Gasteiger partial charge is 0.456 e. The number of carbonyl (C=O) groups is 3. The van der Waals surface area contributed by atoms with Crippen LogP contribution in [-0.2, 0) is 76.8 Å². The number of hydrogen-bond acceptors (Lipinski definition) is 16. The van der Waals surface area contributed by atoms with Gasteiger partial charge in [0.2, 0.25) is 5.28 Å². The molecule has 0 saturated carbocycles. The number of aromatic nitrogens is 4. The minimum absolute atomic E-state index is 0.0184. The molecule has 0 amide bonds. The number of carbonyl (C=O) groups excluding carboxylic acids is 3. The molecule has 2 aliphatic rings. The number of anilines is 1. The molecule has 2 saturated heterocycles. The van der Waals surface area contributed by atoms with Crippen LogP contribution in [0.4, 0.5) is 5.82 Å². The predicted octanol–water partition coefficient (Wildman–Crippen LogP) is 5.34. The molecule has 2 aromatic heterocycles. The van der Waals surface area contributed by atoms with Crippen molar-refractivity contribution in [2.75, 3.05) is 25.6 Å². The molecule has 0 radical (unpaired) electrons. The number of hydrogen-bond donors (Lipinski definition) is 1. The molecule has 18 heteroatoms. The van der Waals surface area contributed by atoms with Crippen LogP contribution in [0.2, 0.25) is 5.28 Å². The molecule has 62 heavy (non-hydrogen) atoms. The van der Waals surface area contributed by atoms with Crippen LogP contribution >= 0.6 is 11.6 Å². The fourth-order valence-corrected chi connectivity index (χ4v) is 7.58. The zero-order valence-electron chi connectivity index (χ0n) is 34.5. The average Bonchev–Trinajstić information content (AvgIpc) is 3.82. The maximum atomic E-state index is 13.0. The number of benzene rings is 3. The summed E-state index contributed by atoms with van der Waals surface area (Å²) < 4.78 is 58.6. The number of nitrogens with zero attached hydrogens (tertiary/aromatic N) is 4. The van der Waals surface area contributed by atoms with Crippen LogP contribution in [-0.4, -0.2) is 107 Å². The Morgan fingerprint density at radius 1 is 0.661 bits per heavy atom. The van der Waals surface area contributed by atoms with Crippen LogP contribution in [0.15, 0.2) is 97.3 Å². The van der Waals surface area contributed by atoms with Gasteiger partial charge in [-0.2, -0.15) is 9.97 Å². The quantitative estimate of drug-likeness (QED) is 0.0674. The van der Waals surface area contributed by atoms with Gasteiger partial charge in [-0.05, 0) is 28.3 Å². The second-order valence-corrected chi connectivity index (χ2v) is 14.9. The maximum Gasteiger partial charge on any atom is 0.303 e. The molecule has 0 spiro atoms. The van der Waals surface area contributed by atoms with E-state index in [0.717, 1.165) is 16.7 Å². The van der Waals surface area contributed by atoms with Gasteiger partial charge in [0.05, 0.1) is 39.4 Å². The molecule has 328 valence electrons. The standard InChI is InChI=1S/C44H48ClN5O12/c1-26(51)57-35-33(24-55-21-30-16-10-6-11-17-30)61-43(39(37(35)58-27(2)52)56-22-31-18-12-7-13-19-31)62-36-32(23-54-20-29-14-8-5-9-15-29)60-42(38(36)59-28(3)53)50-25-47-34-40(46-4)48-44(45)49-41(34)50/h5-19,25,32-33,35-39,42-43H,20-24H2,1-4H3,(H,46,48,49)/t32-,33-,35-,36-,37+,38-,39-,42-,43-/m1/s1. The van der Waals surface area contributed by atoms with Crippen molar-refractivity contribution in [1.82, 2.24) is 19.5 Å². The summed E-state index contributed by atoms with van der Waals surface area (Å²) in [5.41, 5.74) is 3.25. The van der Waals surface area contributed by atoms with Crippen LogP contribution in [0.1, 0.15) is 43.7 Å². The molecule has 3 aromatic carbocycles. The van der Waals surface area contributed by atoms with Gasteiger partial charge >= 0.3 is 17.9 Å². The summed E-state index contributed by atoms with van der Waals surface area (Å²) in [6.07, 6.45) is -9.00. The van der Waals surface area contributed by atoms with Gasteiger partial charge in [0.25, 0.3) is 0 Å². The highest BCUT2D eigenvalue weighted by molar-refractivity contribution is 6.28. The van der Waals surface area contributed by atoms with Crippen molar-refractivity contribution >= 4 is 46.5 Å². The number of nitrogens with one attached hydrogen (secondary N) is 1. The first-order chi connectivity index (χ1) is 30.1. The summed E-state index contributed by atoms with van der Waals surface area (Å²) in [5, 5.41) is 2.91. The molecule has 7 rings (SSSR count). The Bertz CT molecular complexity index is 2250. The Morgan fingerprint density at radius 3 is 1.73 bits per heavy atom. The summed E-state index contributed by atoms with van der Waals surface area (Å²) in [5.74, 6) is -1.60. The van der Waals surface area contributed by atoms with Crippen molar-refractivity contribution in [3.63, 3.8) is 0 Å². The molecule has 0 unspecified atom stereocenters. The summed E-state index contributed by atoms with van der Waals surface area (Å²) in [4.78, 5) is 51.7. The second-order valence-electron chi connectivity index (χ2n) is 14.6. The lowest BCUT2D eigenvalue weighted by Crippen LogP contribution is -2.63. The van der Waals surface area contributed by atoms with Gasteiger partial charge in [-0.1, -0.05) is 91.0 Å². The molecule has 5 aromatic rings. The van der Waals surface area contributed by atoms with E-state index in [9.17, 15) is 14.4 Å². The zero-order chi connectivity index (χ0) is 43.6. The smallest absolute Gasteiger partial charge is 0.303 e. The van der Waals surface area contributed by atoms with Crippen molar-refractivity contribution in [3.05, 3.63) is 119 Å². The van der Waals surface area contributed by atoms with E-state index >= 15 is 0 Å². The molecule has 0 bridgehead atoms. The Hall–Kier alpha value is -5.53. The van der Waals surface area contributed by atoms with E-state index in [1.807, 2.05) is 91.0 Å². The van der Waals surface area contributed by atoms with Gasteiger partial charge in [0.15, 0.2) is 47.8 Å². The van der Waals surface area contributed by atoms with Gasteiger partial charge in [-0.15, -0.1) is 0 Å². The number of rotatable bonds is 18. The third-order valence-electron chi connectivity index (χ3n) is 10.1. The first kappa shape index (κ1) is 44.5. The van der Waals surface area contributed by atoms with Gasteiger partial charge in [0, 0.05) is 27.8 Å². The predicted molar refractivity (Wildman–Crippen MR) is 221 cm³/mol. The van der Waals surface area contributed by atoms with Gasteiger partial charge in [-0.25, -0.2) is 4.98 Å². The van der Waals surface area contributed by atoms with E-state index in [2.05, 4.69) is 20.3 Å². The Balaban J connectivity index is 1.27. The van der Waals surface area contributed by atoms with E-state index in [-0.39, 0.29) is 44.0 Å². The van der Waals surface area contributed by atoms with E-state index in [0.29, 0.717) is 11.3 Å². The molecule has 9 atom stereocenters. The average molecular weight is 874 g/mol. The summed E-state index contributed by atoms with van der Waals surface area (Å²) in [6.45, 7) is 4.01. The topological polar surface area (TPSA) is 190 Å². The van der Waals surface area contributed by atoms with Gasteiger partial charge in [-0.3, -0.25) is 19.0 Å². The Morgan fingerprint density at radius 2 is 1.18 bits per heavy atom. The van der Waals surface area contributed by atoms with E-state index in [4.69, 9.17) is 54.2 Å². The number of fused-ring (bicyclic) bond motifs is 1. The SMILES string of the molecule is CNc1nc(Cl)nc2c1ncn2[C@@H]1O[C@H](COCc2ccccc2)[C@@H](O[C@H]2O[C@H](COCc3ccccc3)[C@@H](OC(C)=O)[C@H](OC(C)=O)[C@H]2OCc2ccccc2)[C@H]1OC(C)=O. The normalized spacial score (nSPS) is 24.7. The third kappa shape index (κ3) is 11.1. The van der Waals surface area contributed by atoms with Crippen LogP contribution < -0.4 is 5.32 Å². The lowest BCUT2D eigenvalue weighted by molar-refractivity contribution is -0.331. The molecule has 17 nitrogen and oxygen atoms in total. The van der Waals surface area contributed by atoms with Crippen molar-refractivity contribution < 1.29 is 57.0 Å². The lowest BCUT2D eigenvalue weighted by atomic mass is 9.97. The Kier molecular flexibility index (Phi) is 15.1. The highest BCUT2D eigenvalue weighted by Crippen LogP contribution is 2.40. The van der Waals surface area contributed by atoms with Crippen LogP contribution in [0, 0.1) is 0 Å². The molecular weight excluding hydrogens is 826 g/mol. The number of halogens is 1. The third-order valence-corrected chi connectivity index (χ3v) is 10.2. The molecule has 0 aliphatic carbocycles. The van der Waals surface area contributed by atoms with Crippen LogP contribution in [0.25, 0.3) is 11.2 Å². The summed E-state index contributed by atoms with van der Waals surface area (Å²) in [6, 6.07) is 28.3. The maximum absolute atomic E-state index is 13.0. The van der Waals surface area contributed by atoms with Gasteiger partial charge in [0.1, 0.15) is 24.4 Å².